The van der Waals surface area contributed by atoms with Crippen LogP contribution in [0.2, 0.25) is 0 Å². The van der Waals surface area contributed by atoms with E-state index in [-0.39, 0.29) is 5.91 Å². The van der Waals surface area contributed by atoms with Crippen LogP contribution in [0.15, 0.2) is 53.5 Å². The average molecular weight is 309 g/mol. The number of amides is 1. The zero-order valence-corrected chi connectivity index (χ0v) is 12.8. The van der Waals surface area contributed by atoms with Crippen molar-refractivity contribution in [2.45, 2.75) is 31.8 Å². The lowest BCUT2D eigenvalue weighted by Crippen LogP contribution is -2.45. The first-order valence-electron chi connectivity index (χ1n) is 7.99. The van der Waals surface area contributed by atoms with Crippen LogP contribution in [-0.2, 0) is 17.8 Å². The Balaban J connectivity index is 1.26. The summed E-state index contributed by atoms with van der Waals surface area (Å²) < 4.78 is 7.79. The molecule has 3 aromatic rings. The SMILES string of the molecule is O=C(Cc1cc2ccccc2o1)NC1CC(Cn2ccnc2)C1. The fourth-order valence-corrected chi connectivity index (χ4v) is 3.26. The predicted molar refractivity (Wildman–Crippen MR) is 86.8 cm³/mol. The second-order valence-electron chi connectivity index (χ2n) is 6.29. The van der Waals surface area contributed by atoms with E-state index in [2.05, 4.69) is 14.9 Å². The Bertz CT molecular complexity index is 768. The predicted octanol–water partition coefficient (Wildman–Crippen LogP) is 2.77. The summed E-state index contributed by atoms with van der Waals surface area (Å²) in [6.07, 6.45) is 7.98. The fraction of sp³-hybridized carbons (Fsp3) is 0.333. The molecule has 2 heterocycles. The summed E-state index contributed by atoms with van der Waals surface area (Å²) in [6, 6.07) is 10.1. The Hall–Kier alpha value is -2.56. The lowest BCUT2D eigenvalue weighted by Gasteiger charge is -2.35. The van der Waals surface area contributed by atoms with E-state index in [1.165, 1.54) is 0 Å². The summed E-state index contributed by atoms with van der Waals surface area (Å²) in [6.45, 7) is 0.982. The number of fused-ring (bicyclic) bond motifs is 1. The molecule has 0 spiro atoms. The molecule has 4 rings (SSSR count). The zero-order valence-electron chi connectivity index (χ0n) is 12.8. The molecule has 0 saturated heterocycles. The molecule has 0 unspecified atom stereocenters. The summed E-state index contributed by atoms with van der Waals surface area (Å²) >= 11 is 0. The van der Waals surface area contributed by atoms with Gasteiger partial charge in [0.05, 0.1) is 12.7 Å². The van der Waals surface area contributed by atoms with Gasteiger partial charge >= 0.3 is 0 Å². The van der Waals surface area contributed by atoms with Crippen LogP contribution in [0, 0.1) is 5.92 Å². The van der Waals surface area contributed by atoms with E-state index in [0.717, 1.165) is 36.1 Å². The number of carbonyl (C=O) groups excluding carboxylic acids is 1. The molecule has 1 aliphatic rings. The van der Waals surface area contributed by atoms with Crippen molar-refractivity contribution in [2.24, 2.45) is 5.92 Å². The van der Waals surface area contributed by atoms with E-state index in [0.29, 0.717) is 18.4 Å². The summed E-state index contributed by atoms with van der Waals surface area (Å²) in [5.41, 5.74) is 0.833. The molecule has 0 aliphatic heterocycles. The highest BCUT2D eigenvalue weighted by Crippen LogP contribution is 2.29. The Labute approximate surface area is 134 Å². The Morgan fingerprint density at radius 2 is 2.22 bits per heavy atom. The Kier molecular flexibility index (Phi) is 3.61. The van der Waals surface area contributed by atoms with Crippen molar-refractivity contribution in [1.82, 2.24) is 14.9 Å². The van der Waals surface area contributed by atoms with Crippen molar-refractivity contribution >= 4 is 16.9 Å². The molecule has 0 radical (unpaired) electrons. The third-order valence-electron chi connectivity index (χ3n) is 4.44. The van der Waals surface area contributed by atoms with Crippen molar-refractivity contribution in [3.8, 4) is 0 Å². The van der Waals surface area contributed by atoms with Crippen LogP contribution in [0.3, 0.4) is 0 Å². The average Bonchev–Trinajstić information content (AvgIpc) is 3.13. The second-order valence-corrected chi connectivity index (χ2v) is 6.29. The topological polar surface area (TPSA) is 60.1 Å². The molecule has 1 fully saturated rings. The van der Waals surface area contributed by atoms with Crippen LogP contribution in [0.5, 0.6) is 0 Å². The number of hydrogen-bond acceptors (Lipinski definition) is 3. The van der Waals surface area contributed by atoms with E-state index in [9.17, 15) is 4.79 Å². The highest BCUT2D eigenvalue weighted by atomic mass is 16.3. The minimum absolute atomic E-state index is 0.0372. The first kappa shape index (κ1) is 14.1. The van der Waals surface area contributed by atoms with Gasteiger partial charge in [-0.25, -0.2) is 4.98 Å². The highest BCUT2D eigenvalue weighted by molar-refractivity contribution is 5.82. The van der Waals surface area contributed by atoms with Gasteiger partial charge in [-0.3, -0.25) is 4.79 Å². The maximum atomic E-state index is 12.1. The molecule has 5 nitrogen and oxygen atoms in total. The third kappa shape index (κ3) is 3.13. The van der Waals surface area contributed by atoms with Gasteiger partial charge in [-0.1, -0.05) is 18.2 Å². The Morgan fingerprint density at radius 1 is 1.35 bits per heavy atom. The van der Waals surface area contributed by atoms with Crippen molar-refractivity contribution in [3.05, 3.63) is 54.8 Å². The Morgan fingerprint density at radius 3 is 3.00 bits per heavy atom. The zero-order chi connectivity index (χ0) is 15.6. The van der Waals surface area contributed by atoms with Crippen LogP contribution < -0.4 is 5.32 Å². The molecule has 118 valence electrons. The van der Waals surface area contributed by atoms with Crippen LogP contribution in [0.4, 0.5) is 0 Å². The molecule has 1 aromatic carbocycles. The van der Waals surface area contributed by atoms with Crippen LogP contribution in [0.1, 0.15) is 18.6 Å². The largest absolute Gasteiger partial charge is 0.461 e. The molecular formula is C18H19N3O2. The number of nitrogens with zero attached hydrogens (tertiary/aromatic N) is 2. The minimum Gasteiger partial charge on any atom is -0.461 e. The number of aromatic nitrogens is 2. The quantitative estimate of drug-likeness (QED) is 0.788. The van der Waals surface area contributed by atoms with Crippen molar-refractivity contribution in [2.75, 3.05) is 0 Å². The van der Waals surface area contributed by atoms with Gasteiger partial charge in [-0.2, -0.15) is 0 Å². The highest BCUT2D eigenvalue weighted by Gasteiger charge is 2.30. The fourth-order valence-electron chi connectivity index (χ4n) is 3.26. The van der Waals surface area contributed by atoms with Gasteiger partial charge in [-0.15, -0.1) is 0 Å². The molecule has 2 aromatic heterocycles. The molecule has 1 aliphatic carbocycles. The van der Waals surface area contributed by atoms with Gasteiger partial charge in [0, 0.05) is 30.4 Å². The first-order chi connectivity index (χ1) is 11.3. The van der Waals surface area contributed by atoms with Crippen molar-refractivity contribution < 1.29 is 9.21 Å². The normalized spacial score (nSPS) is 20.3. The summed E-state index contributed by atoms with van der Waals surface area (Å²) in [7, 11) is 0. The number of imidazole rings is 1. The number of carbonyl (C=O) groups is 1. The van der Waals surface area contributed by atoms with Gasteiger partial charge in [0.1, 0.15) is 11.3 Å². The first-order valence-corrected chi connectivity index (χ1v) is 7.99. The van der Waals surface area contributed by atoms with Crippen LogP contribution >= 0.6 is 0 Å². The van der Waals surface area contributed by atoms with Crippen LogP contribution in [-0.4, -0.2) is 21.5 Å². The molecule has 1 amide bonds. The van der Waals surface area contributed by atoms with Crippen molar-refractivity contribution in [1.29, 1.82) is 0 Å². The molecule has 23 heavy (non-hydrogen) atoms. The minimum atomic E-state index is 0.0372. The summed E-state index contributed by atoms with van der Waals surface area (Å²) in [5, 5.41) is 4.14. The number of nitrogens with one attached hydrogen (secondary N) is 1. The maximum absolute atomic E-state index is 12.1. The van der Waals surface area contributed by atoms with E-state index in [1.807, 2.05) is 42.9 Å². The van der Waals surface area contributed by atoms with Gasteiger partial charge < -0.3 is 14.3 Å². The molecule has 5 heteroatoms. The van der Waals surface area contributed by atoms with E-state index >= 15 is 0 Å². The third-order valence-corrected chi connectivity index (χ3v) is 4.44. The van der Waals surface area contributed by atoms with E-state index < -0.39 is 0 Å². The standard InChI is InChI=1S/C18H19N3O2/c22-18(10-16-9-14-3-1-2-4-17(14)23-16)20-15-7-13(8-15)11-21-6-5-19-12-21/h1-6,9,12-13,15H,7-8,10-11H2,(H,20,22). The van der Waals surface area contributed by atoms with Gasteiger partial charge in [0.2, 0.25) is 5.91 Å². The van der Waals surface area contributed by atoms with Gasteiger partial charge in [0.25, 0.3) is 0 Å². The lowest BCUT2D eigenvalue weighted by molar-refractivity contribution is -0.122. The van der Waals surface area contributed by atoms with Crippen LogP contribution in [0.25, 0.3) is 11.0 Å². The van der Waals surface area contributed by atoms with Crippen molar-refractivity contribution in [3.63, 3.8) is 0 Å². The van der Waals surface area contributed by atoms with Gasteiger partial charge in [-0.05, 0) is 30.9 Å². The molecule has 0 atom stereocenters. The smallest absolute Gasteiger partial charge is 0.227 e. The molecule has 1 N–H and O–H groups in total. The maximum Gasteiger partial charge on any atom is 0.227 e. The number of para-hydroxylation sites is 1. The molecule has 1 saturated carbocycles. The monoisotopic (exact) mass is 309 g/mol. The molecular weight excluding hydrogens is 290 g/mol. The number of rotatable bonds is 5. The summed E-state index contributed by atoms with van der Waals surface area (Å²) in [5.74, 6) is 1.38. The number of benzene rings is 1. The second kappa shape index (κ2) is 5.91. The van der Waals surface area contributed by atoms with Gasteiger partial charge in [0.15, 0.2) is 0 Å². The summed E-state index contributed by atoms with van der Waals surface area (Å²) in [4.78, 5) is 16.2. The molecule has 0 bridgehead atoms. The van der Waals surface area contributed by atoms with E-state index in [1.54, 1.807) is 6.20 Å². The van der Waals surface area contributed by atoms with E-state index in [4.69, 9.17) is 4.42 Å². The lowest BCUT2D eigenvalue weighted by atomic mass is 9.80. The number of hydrogen-bond donors (Lipinski definition) is 1. The number of furan rings is 1.